The summed E-state index contributed by atoms with van der Waals surface area (Å²) in [6.45, 7) is 2.06. The fraction of sp³-hybridized carbons (Fsp3) is 0.136. The standard InChI is InChI=1S/C22H20N2O/c1-16-9-8-14-19(15-16)24-21(18-12-6-3-7-13-18)22(25)20(23-24)17-10-4-2-5-11-17/h2-15,21-22,25H,1H3. The second kappa shape index (κ2) is 6.54. The smallest absolute Gasteiger partial charge is 0.125 e. The van der Waals surface area contributed by atoms with Gasteiger partial charge < -0.3 is 5.11 Å². The van der Waals surface area contributed by atoms with E-state index < -0.39 is 6.10 Å². The van der Waals surface area contributed by atoms with Crippen molar-refractivity contribution < 1.29 is 5.11 Å². The Morgan fingerprint density at radius 3 is 2.20 bits per heavy atom. The van der Waals surface area contributed by atoms with Gasteiger partial charge in [0.25, 0.3) is 0 Å². The normalized spacial score (nSPS) is 19.8. The van der Waals surface area contributed by atoms with Crippen molar-refractivity contribution in [3.8, 4) is 0 Å². The molecule has 1 N–H and O–H groups in total. The van der Waals surface area contributed by atoms with Gasteiger partial charge >= 0.3 is 0 Å². The molecule has 3 aromatic rings. The molecule has 1 aliphatic heterocycles. The highest BCUT2D eigenvalue weighted by Gasteiger charge is 2.38. The molecule has 0 fully saturated rings. The molecule has 0 aromatic heterocycles. The first-order valence-corrected chi connectivity index (χ1v) is 8.47. The average Bonchev–Trinajstić information content (AvgIpc) is 3.00. The van der Waals surface area contributed by atoms with Gasteiger partial charge in [-0.05, 0) is 30.2 Å². The van der Waals surface area contributed by atoms with Crippen LogP contribution in [-0.2, 0) is 0 Å². The summed E-state index contributed by atoms with van der Waals surface area (Å²) in [5.41, 5.74) is 4.86. The predicted octanol–water partition coefficient (Wildman–Crippen LogP) is 4.32. The van der Waals surface area contributed by atoms with E-state index in [1.165, 1.54) is 5.56 Å². The van der Waals surface area contributed by atoms with E-state index in [9.17, 15) is 5.11 Å². The summed E-state index contributed by atoms with van der Waals surface area (Å²) < 4.78 is 0. The minimum absolute atomic E-state index is 0.238. The van der Waals surface area contributed by atoms with E-state index in [1.807, 2.05) is 77.8 Å². The highest BCUT2D eigenvalue weighted by molar-refractivity contribution is 6.06. The summed E-state index contributed by atoms with van der Waals surface area (Å²) in [4.78, 5) is 0. The SMILES string of the molecule is Cc1cccc(N2N=C(c3ccccc3)C(O)C2c2ccccc2)c1. The Hall–Kier alpha value is -2.91. The molecular weight excluding hydrogens is 308 g/mol. The van der Waals surface area contributed by atoms with E-state index in [0.29, 0.717) is 5.71 Å². The van der Waals surface area contributed by atoms with Crippen LogP contribution in [0.2, 0.25) is 0 Å². The number of aliphatic hydroxyl groups excluding tert-OH is 1. The number of hydrazone groups is 1. The van der Waals surface area contributed by atoms with Crippen LogP contribution >= 0.6 is 0 Å². The molecule has 0 saturated heterocycles. The quantitative estimate of drug-likeness (QED) is 0.777. The van der Waals surface area contributed by atoms with Crippen molar-refractivity contribution >= 4 is 11.4 Å². The van der Waals surface area contributed by atoms with Crippen molar-refractivity contribution in [1.29, 1.82) is 0 Å². The molecule has 3 heteroatoms. The molecule has 1 heterocycles. The minimum atomic E-state index is -0.690. The van der Waals surface area contributed by atoms with E-state index in [1.54, 1.807) is 0 Å². The fourth-order valence-corrected chi connectivity index (χ4v) is 3.32. The summed E-state index contributed by atoms with van der Waals surface area (Å²) >= 11 is 0. The summed E-state index contributed by atoms with van der Waals surface area (Å²) in [5.74, 6) is 0. The van der Waals surface area contributed by atoms with Crippen molar-refractivity contribution in [3.05, 3.63) is 102 Å². The molecule has 0 saturated carbocycles. The van der Waals surface area contributed by atoms with Gasteiger partial charge in [-0.1, -0.05) is 72.8 Å². The Bertz CT molecular complexity index is 890. The molecule has 3 aromatic carbocycles. The summed E-state index contributed by atoms with van der Waals surface area (Å²) in [6.07, 6.45) is -0.690. The maximum Gasteiger partial charge on any atom is 0.125 e. The van der Waals surface area contributed by atoms with Gasteiger partial charge in [0.1, 0.15) is 12.1 Å². The van der Waals surface area contributed by atoms with Gasteiger partial charge in [0, 0.05) is 5.56 Å². The van der Waals surface area contributed by atoms with Crippen LogP contribution in [0.4, 0.5) is 5.69 Å². The van der Waals surface area contributed by atoms with Crippen molar-refractivity contribution in [1.82, 2.24) is 0 Å². The number of hydrogen-bond acceptors (Lipinski definition) is 3. The molecule has 2 atom stereocenters. The first kappa shape index (κ1) is 15.6. The zero-order valence-corrected chi connectivity index (χ0v) is 14.1. The number of rotatable bonds is 3. The van der Waals surface area contributed by atoms with E-state index >= 15 is 0 Å². The molecule has 124 valence electrons. The molecule has 3 nitrogen and oxygen atoms in total. The third kappa shape index (κ3) is 2.94. The lowest BCUT2D eigenvalue weighted by atomic mass is 9.95. The molecule has 0 radical (unpaired) electrons. The Labute approximate surface area is 147 Å². The van der Waals surface area contributed by atoms with Crippen LogP contribution in [0, 0.1) is 6.92 Å². The maximum absolute atomic E-state index is 11.1. The number of aliphatic hydroxyl groups is 1. The molecule has 25 heavy (non-hydrogen) atoms. The van der Waals surface area contributed by atoms with Gasteiger partial charge in [0.15, 0.2) is 0 Å². The van der Waals surface area contributed by atoms with Crippen molar-refractivity contribution in [2.75, 3.05) is 5.01 Å². The summed E-state index contributed by atoms with van der Waals surface area (Å²) in [7, 11) is 0. The number of hydrogen-bond donors (Lipinski definition) is 1. The van der Waals surface area contributed by atoms with E-state index in [4.69, 9.17) is 5.10 Å². The van der Waals surface area contributed by atoms with Gasteiger partial charge in [0.05, 0.1) is 11.4 Å². The Kier molecular flexibility index (Phi) is 4.08. The maximum atomic E-state index is 11.1. The largest absolute Gasteiger partial charge is 0.384 e. The lowest BCUT2D eigenvalue weighted by Crippen LogP contribution is -2.29. The van der Waals surface area contributed by atoms with E-state index in [0.717, 1.165) is 16.8 Å². The number of aryl methyl sites for hydroxylation is 1. The highest BCUT2D eigenvalue weighted by Crippen LogP contribution is 2.37. The zero-order valence-electron chi connectivity index (χ0n) is 14.1. The number of anilines is 1. The van der Waals surface area contributed by atoms with Crippen LogP contribution < -0.4 is 5.01 Å². The van der Waals surface area contributed by atoms with Crippen LogP contribution in [0.25, 0.3) is 0 Å². The Morgan fingerprint density at radius 1 is 0.840 bits per heavy atom. The van der Waals surface area contributed by atoms with Gasteiger partial charge in [-0.3, -0.25) is 5.01 Å². The first-order valence-electron chi connectivity index (χ1n) is 8.47. The number of nitrogens with zero attached hydrogens (tertiary/aromatic N) is 2. The number of benzene rings is 3. The molecule has 1 aliphatic rings. The molecule has 4 rings (SSSR count). The molecule has 0 amide bonds. The lowest BCUT2D eigenvalue weighted by molar-refractivity contribution is 0.217. The third-order valence-electron chi connectivity index (χ3n) is 4.54. The Balaban J connectivity index is 1.82. The fourth-order valence-electron chi connectivity index (χ4n) is 3.32. The highest BCUT2D eigenvalue weighted by atomic mass is 16.3. The van der Waals surface area contributed by atoms with Crippen molar-refractivity contribution in [3.63, 3.8) is 0 Å². The van der Waals surface area contributed by atoms with Crippen LogP contribution in [0.3, 0.4) is 0 Å². The van der Waals surface area contributed by atoms with Gasteiger partial charge in [-0.25, -0.2) is 0 Å². The minimum Gasteiger partial charge on any atom is -0.384 e. The van der Waals surface area contributed by atoms with E-state index in [-0.39, 0.29) is 6.04 Å². The van der Waals surface area contributed by atoms with Crippen LogP contribution in [0.5, 0.6) is 0 Å². The van der Waals surface area contributed by atoms with Crippen molar-refractivity contribution in [2.45, 2.75) is 19.1 Å². The molecule has 0 spiro atoms. The summed E-state index contributed by atoms with van der Waals surface area (Å²) in [5, 5.41) is 17.8. The van der Waals surface area contributed by atoms with Crippen LogP contribution in [-0.4, -0.2) is 16.9 Å². The lowest BCUT2D eigenvalue weighted by Gasteiger charge is -2.26. The van der Waals surface area contributed by atoms with Gasteiger partial charge in [-0.2, -0.15) is 5.10 Å². The van der Waals surface area contributed by atoms with Gasteiger partial charge in [0.2, 0.25) is 0 Å². The van der Waals surface area contributed by atoms with Crippen LogP contribution in [0.15, 0.2) is 90.0 Å². The average molecular weight is 328 g/mol. The third-order valence-corrected chi connectivity index (χ3v) is 4.54. The first-order chi connectivity index (χ1) is 12.2. The van der Waals surface area contributed by atoms with E-state index in [2.05, 4.69) is 19.1 Å². The molecular formula is C22H20N2O. The monoisotopic (exact) mass is 328 g/mol. The molecule has 0 aliphatic carbocycles. The Morgan fingerprint density at radius 2 is 1.52 bits per heavy atom. The zero-order chi connectivity index (χ0) is 17.2. The van der Waals surface area contributed by atoms with Crippen molar-refractivity contribution in [2.24, 2.45) is 5.10 Å². The topological polar surface area (TPSA) is 35.8 Å². The molecule has 0 bridgehead atoms. The van der Waals surface area contributed by atoms with Gasteiger partial charge in [-0.15, -0.1) is 0 Å². The second-order valence-electron chi connectivity index (χ2n) is 6.34. The predicted molar refractivity (Wildman–Crippen MR) is 102 cm³/mol. The summed E-state index contributed by atoms with van der Waals surface area (Å²) in [6, 6.07) is 27.9. The second-order valence-corrected chi connectivity index (χ2v) is 6.34. The molecule has 2 unspecified atom stereocenters. The van der Waals surface area contributed by atoms with Crippen LogP contribution in [0.1, 0.15) is 22.7 Å².